The van der Waals surface area contributed by atoms with E-state index in [1.54, 1.807) is 6.08 Å². The summed E-state index contributed by atoms with van der Waals surface area (Å²) in [5.74, 6) is 1.62. The molecule has 0 radical (unpaired) electrons. The van der Waals surface area contributed by atoms with Crippen molar-refractivity contribution in [3.05, 3.63) is 99.1 Å². The fraction of sp³-hybridized carbons (Fsp3) is 0.0714. The average molecular weight is 592 g/mol. The third-order valence-electron chi connectivity index (χ3n) is 5.47. The number of benzene rings is 3. The van der Waals surface area contributed by atoms with Crippen molar-refractivity contribution < 1.29 is 13.6 Å². The Hall–Kier alpha value is -3.42. The number of aromatic nitrogens is 1. The summed E-state index contributed by atoms with van der Waals surface area (Å²) in [5.41, 5.74) is 5.19. The van der Waals surface area contributed by atoms with Crippen LogP contribution in [0.1, 0.15) is 18.2 Å². The lowest BCUT2D eigenvalue weighted by Gasteiger charge is -2.02. The van der Waals surface area contributed by atoms with Gasteiger partial charge < -0.3 is 14.2 Å². The lowest BCUT2D eigenvalue weighted by atomic mass is 10.1. The van der Waals surface area contributed by atoms with Crippen LogP contribution < -0.4 is 5.32 Å². The highest BCUT2D eigenvalue weighted by atomic mass is 79.9. The van der Waals surface area contributed by atoms with E-state index in [0.717, 1.165) is 43.4 Å². The smallest absolute Gasteiger partial charge is 0.248 e. The van der Waals surface area contributed by atoms with E-state index in [0.29, 0.717) is 17.3 Å². The number of oxazole rings is 1. The minimum atomic E-state index is -0.253. The van der Waals surface area contributed by atoms with Gasteiger partial charge in [-0.15, -0.1) is 0 Å². The van der Waals surface area contributed by atoms with Gasteiger partial charge in [0.25, 0.3) is 0 Å². The minimum Gasteiger partial charge on any atom is -0.457 e. The van der Waals surface area contributed by atoms with Gasteiger partial charge in [-0.05, 0) is 94.7 Å². The lowest BCUT2D eigenvalue weighted by molar-refractivity contribution is -0.111. The average Bonchev–Trinajstić information content (AvgIpc) is 3.51. The van der Waals surface area contributed by atoms with Gasteiger partial charge in [-0.3, -0.25) is 4.79 Å². The zero-order valence-electron chi connectivity index (χ0n) is 18.7. The number of carbonyl (C=O) groups is 1. The van der Waals surface area contributed by atoms with Crippen molar-refractivity contribution in [2.45, 2.75) is 13.3 Å². The molecule has 5 aromatic rings. The van der Waals surface area contributed by atoms with Gasteiger partial charge in [0.1, 0.15) is 17.0 Å². The van der Waals surface area contributed by atoms with Gasteiger partial charge in [0.15, 0.2) is 5.58 Å². The molecule has 174 valence electrons. The number of nitrogens with zero attached hydrogens (tertiary/aromatic N) is 1. The summed E-state index contributed by atoms with van der Waals surface area (Å²) >= 11 is 6.99. The maximum absolute atomic E-state index is 12.4. The Morgan fingerprint density at radius 1 is 0.943 bits per heavy atom. The van der Waals surface area contributed by atoms with Gasteiger partial charge in [0, 0.05) is 27.4 Å². The van der Waals surface area contributed by atoms with Crippen molar-refractivity contribution in [1.82, 2.24) is 4.98 Å². The van der Waals surface area contributed by atoms with Crippen molar-refractivity contribution in [2.75, 3.05) is 5.32 Å². The Labute approximate surface area is 219 Å². The molecule has 0 fully saturated rings. The normalized spacial score (nSPS) is 11.4. The molecule has 0 aliphatic carbocycles. The van der Waals surface area contributed by atoms with Gasteiger partial charge in [-0.1, -0.05) is 35.0 Å². The number of carbonyl (C=O) groups excluding carboxylic acids is 1. The monoisotopic (exact) mass is 590 g/mol. The third kappa shape index (κ3) is 5.31. The molecule has 35 heavy (non-hydrogen) atoms. The molecular weight excluding hydrogens is 572 g/mol. The zero-order chi connectivity index (χ0) is 24.4. The molecule has 0 bridgehead atoms. The SMILES string of the molecule is CCc1cc(Br)c2oc(-c3ccc(NC(=O)/C=C/c4ccc(-c5ccc(Br)cc5)o4)cc3)nc2c1. The Bertz CT molecular complexity index is 1530. The van der Waals surface area contributed by atoms with Gasteiger partial charge in [0.2, 0.25) is 11.8 Å². The first kappa shape index (κ1) is 23.3. The number of amides is 1. The Morgan fingerprint density at radius 3 is 2.43 bits per heavy atom. The second-order valence-corrected chi connectivity index (χ2v) is 9.68. The summed E-state index contributed by atoms with van der Waals surface area (Å²) in [4.78, 5) is 17.0. The minimum absolute atomic E-state index is 0.253. The Kier molecular flexibility index (Phi) is 6.70. The molecule has 2 heterocycles. The number of furan rings is 1. The molecule has 3 aromatic carbocycles. The van der Waals surface area contributed by atoms with Crippen molar-refractivity contribution in [3.63, 3.8) is 0 Å². The fourth-order valence-corrected chi connectivity index (χ4v) is 4.47. The van der Waals surface area contributed by atoms with E-state index in [9.17, 15) is 4.79 Å². The summed E-state index contributed by atoms with van der Waals surface area (Å²) in [6.07, 6.45) is 4.01. The molecule has 0 spiro atoms. The molecule has 0 unspecified atom stereocenters. The molecule has 0 saturated heterocycles. The van der Waals surface area contributed by atoms with Crippen molar-refractivity contribution in [1.29, 1.82) is 0 Å². The summed E-state index contributed by atoms with van der Waals surface area (Å²) in [6, 6.07) is 23.0. The number of anilines is 1. The van der Waals surface area contributed by atoms with E-state index in [4.69, 9.17) is 8.83 Å². The number of halogens is 2. The van der Waals surface area contributed by atoms with E-state index >= 15 is 0 Å². The first-order chi connectivity index (χ1) is 17.0. The number of rotatable bonds is 6. The van der Waals surface area contributed by atoms with Crippen LogP contribution in [0.3, 0.4) is 0 Å². The molecule has 2 aromatic heterocycles. The van der Waals surface area contributed by atoms with Crippen LogP contribution in [0.2, 0.25) is 0 Å². The van der Waals surface area contributed by atoms with E-state index < -0.39 is 0 Å². The predicted molar refractivity (Wildman–Crippen MR) is 146 cm³/mol. The largest absolute Gasteiger partial charge is 0.457 e. The molecule has 0 aliphatic rings. The lowest BCUT2D eigenvalue weighted by Crippen LogP contribution is -2.07. The van der Waals surface area contributed by atoms with Crippen LogP contribution in [0, 0.1) is 0 Å². The van der Waals surface area contributed by atoms with E-state index in [-0.39, 0.29) is 5.91 Å². The molecule has 1 amide bonds. The molecule has 0 saturated carbocycles. The zero-order valence-corrected chi connectivity index (χ0v) is 21.9. The number of nitrogens with one attached hydrogen (secondary N) is 1. The predicted octanol–water partition coefficient (Wildman–Crippen LogP) is 8.49. The number of hydrogen-bond acceptors (Lipinski definition) is 4. The fourth-order valence-electron chi connectivity index (χ4n) is 3.62. The van der Waals surface area contributed by atoms with E-state index in [1.807, 2.05) is 72.8 Å². The summed E-state index contributed by atoms with van der Waals surface area (Å²) < 4.78 is 13.7. The molecule has 5 rings (SSSR count). The van der Waals surface area contributed by atoms with Crippen LogP contribution in [-0.2, 0) is 11.2 Å². The number of hydrogen-bond donors (Lipinski definition) is 1. The first-order valence-electron chi connectivity index (χ1n) is 11.0. The summed E-state index contributed by atoms with van der Waals surface area (Å²) in [7, 11) is 0. The number of aryl methyl sites for hydroxylation is 1. The summed E-state index contributed by atoms with van der Waals surface area (Å²) in [6.45, 7) is 2.10. The summed E-state index contributed by atoms with van der Waals surface area (Å²) in [5, 5.41) is 2.86. The van der Waals surface area contributed by atoms with Crippen LogP contribution in [-0.4, -0.2) is 10.9 Å². The third-order valence-corrected chi connectivity index (χ3v) is 6.58. The van der Waals surface area contributed by atoms with Gasteiger partial charge in [0.05, 0.1) is 4.47 Å². The van der Waals surface area contributed by atoms with Crippen LogP contribution in [0.4, 0.5) is 5.69 Å². The van der Waals surface area contributed by atoms with Gasteiger partial charge in [-0.2, -0.15) is 0 Å². The second kappa shape index (κ2) is 10.1. The van der Waals surface area contributed by atoms with Crippen LogP contribution in [0.15, 0.2) is 96.7 Å². The maximum atomic E-state index is 12.4. The molecule has 0 atom stereocenters. The highest BCUT2D eigenvalue weighted by Crippen LogP contribution is 2.31. The van der Waals surface area contributed by atoms with Crippen LogP contribution >= 0.6 is 31.9 Å². The van der Waals surface area contributed by atoms with Gasteiger partial charge in [-0.25, -0.2) is 4.98 Å². The van der Waals surface area contributed by atoms with Gasteiger partial charge >= 0.3 is 0 Å². The molecule has 0 aliphatic heterocycles. The Balaban J connectivity index is 1.25. The highest BCUT2D eigenvalue weighted by molar-refractivity contribution is 9.11. The standard InChI is InChI=1S/C28H20Br2N2O3/c1-2-17-15-23(30)27-24(16-17)32-28(35-27)19-5-9-21(10-6-19)31-26(33)14-12-22-11-13-25(34-22)18-3-7-20(29)8-4-18/h3-16H,2H2,1H3,(H,31,33)/b14-12+. The maximum Gasteiger partial charge on any atom is 0.248 e. The van der Waals surface area contributed by atoms with Crippen molar-refractivity contribution in [3.8, 4) is 22.8 Å². The molecule has 1 N–H and O–H groups in total. The second-order valence-electron chi connectivity index (χ2n) is 7.91. The van der Waals surface area contributed by atoms with E-state index in [2.05, 4.69) is 49.1 Å². The molecule has 5 nitrogen and oxygen atoms in total. The first-order valence-corrected chi connectivity index (χ1v) is 12.6. The number of fused-ring (bicyclic) bond motifs is 1. The molecular formula is C28H20Br2N2O3. The Morgan fingerprint density at radius 2 is 1.69 bits per heavy atom. The van der Waals surface area contributed by atoms with Crippen LogP contribution in [0.5, 0.6) is 0 Å². The highest BCUT2D eigenvalue weighted by Gasteiger charge is 2.12. The molecule has 7 heteroatoms. The topological polar surface area (TPSA) is 68.3 Å². The van der Waals surface area contributed by atoms with Crippen LogP contribution in [0.25, 0.3) is 40.0 Å². The van der Waals surface area contributed by atoms with Crippen molar-refractivity contribution >= 4 is 60.6 Å². The van der Waals surface area contributed by atoms with Crippen molar-refractivity contribution in [2.24, 2.45) is 0 Å². The van der Waals surface area contributed by atoms with E-state index in [1.165, 1.54) is 11.6 Å². The quantitative estimate of drug-likeness (QED) is 0.201.